The van der Waals surface area contributed by atoms with E-state index in [9.17, 15) is 23.5 Å². The van der Waals surface area contributed by atoms with Crippen LogP contribution in [0.4, 0.5) is 20.4 Å². The number of carbonyl (C=O) groups is 2. The van der Waals surface area contributed by atoms with Crippen LogP contribution < -0.4 is 5.32 Å². The second-order valence-electron chi connectivity index (χ2n) is 11.8. The SMILES string of the molecule is Cc1cc(Nc2cc(C(F)F)ccn2)nc(-c2ccc([C@](C)(O)[C@H]3CC[C@H](C(=O)OC(C)OC(=O)c4cnn(C)c4)CC3)nc2)c1. The zero-order valence-corrected chi connectivity index (χ0v) is 26.0. The molecule has 5 rings (SSSR count). The smallest absolute Gasteiger partial charge is 0.344 e. The third-order valence-electron chi connectivity index (χ3n) is 8.19. The summed E-state index contributed by atoms with van der Waals surface area (Å²) in [5.74, 6) is -0.874. The van der Waals surface area contributed by atoms with Crippen LogP contribution in [0.3, 0.4) is 0 Å². The number of halogens is 2. The third kappa shape index (κ3) is 7.71. The van der Waals surface area contributed by atoms with Crippen LogP contribution in [0.15, 0.2) is 61.2 Å². The number of nitrogens with zero attached hydrogens (tertiary/aromatic N) is 5. The summed E-state index contributed by atoms with van der Waals surface area (Å²) >= 11 is 0. The van der Waals surface area contributed by atoms with Crippen LogP contribution in [0.1, 0.15) is 73.1 Å². The lowest BCUT2D eigenvalue weighted by Gasteiger charge is -2.37. The number of nitrogens with one attached hydrogen (secondary N) is 1. The molecule has 2 N–H and O–H groups in total. The van der Waals surface area contributed by atoms with Crippen LogP contribution in [-0.2, 0) is 26.9 Å². The van der Waals surface area contributed by atoms with Crippen LogP contribution in [0.2, 0.25) is 0 Å². The number of aliphatic hydroxyl groups is 1. The van der Waals surface area contributed by atoms with Gasteiger partial charge in [-0.25, -0.2) is 23.5 Å². The molecule has 0 saturated heterocycles. The minimum absolute atomic E-state index is 0.139. The van der Waals surface area contributed by atoms with E-state index in [1.54, 1.807) is 32.3 Å². The molecular formula is C33H36F2N6O5. The number of anilines is 2. The first kappa shape index (κ1) is 32.6. The van der Waals surface area contributed by atoms with Crippen molar-refractivity contribution in [2.45, 2.75) is 64.8 Å². The van der Waals surface area contributed by atoms with Gasteiger partial charge in [-0.05, 0) is 87.4 Å². The Labute approximate surface area is 265 Å². The highest BCUT2D eigenvalue weighted by Crippen LogP contribution is 2.41. The van der Waals surface area contributed by atoms with Crippen molar-refractivity contribution in [1.29, 1.82) is 0 Å². The van der Waals surface area contributed by atoms with Gasteiger partial charge in [-0.15, -0.1) is 0 Å². The molecule has 1 fully saturated rings. The maximum Gasteiger partial charge on any atom is 0.344 e. The predicted octanol–water partition coefficient (Wildman–Crippen LogP) is 6.02. The third-order valence-corrected chi connectivity index (χ3v) is 8.19. The molecule has 0 radical (unpaired) electrons. The molecule has 0 amide bonds. The maximum atomic E-state index is 13.1. The molecule has 1 saturated carbocycles. The first-order chi connectivity index (χ1) is 21.9. The van der Waals surface area contributed by atoms with Crippen LogP contribution >= 0.6 is 0 Å². The van der Waals surface area contributed by atoms with E-state index in [0.29, 0.717) is 48.5 Å². The van der Waals surface area contributed by atoms with Crippen molar-refractivity contribution < 1.29 is 33.0 Å². The Morgan fingerprint density at radius 2 is 1.80 bits per heavy atom. The Morgan fingerprint density at radius 1 is 1.04 bits per heavy atom. The first-order valence-electron chi connectivity index (χ1n) is 15.0. The van der Waals surface area contributed by atoms with E-state index in [0.717, 1.165) is 5.56 Å². The van der Waals surface area contributed by atoms with E-state index in [4.69, 9.17) is 9.47 Å². The van der Waals surface area contributed by atoms with Gasteiger partial charge in [0.05, 0.1) is 29.1 Å². The van der Waals surface area contributed by atoms with Gasteiger partial charge in [-0.1, -0.05) is 0 Å². The monoisotopic (exact) mass is 634 g/mol. The summed E-state index contributed by atoms with van der Waals surface area (Å²) in [5, 5.41) is 18.5. The fourth-order valence-corrected chi connectivity index (χ4v) is 5.64. The highest BCUT2D eigenvalue weighted by Gasteiger charge is 2.39. The summed E-state index contributed by atoms with van der Waals surface area (Å²) in [7, 11) is 1.68. The summed E-state index contributed by atoms with van der Waals surface area (Å²) in [5.41, 5.74) is 1.60. The molecule has 4 aromatic heterocycles. The van der Waals surface area contributed by atoms with Crippen molar-refractivity contribution >= 4 is 23.6 Å². The average Bonchev–Trinajstić information content (AvgIpc) is 3.47. The topological polar surface area (TPSA) is 141 Å². The van der Waals surface area contributed by atoms with Gasteiger partial charge >= 0.3 is 11.9 Å². The molecule has 1 aliphatic carbocycles. The van der Waals surface area contributed by atoms with Gasteiger partial charge in [-0.2, -0.15) is 5.10 Å². The highest BCUT2D eigenvalue weighted by molar-refractivity contribution is 5.88. The molecule has 4 heterocycles. The van der Waals surface area contributed by atoms with Gasteiger partial charge in [0.25, 0.3) is 6.43 Å². The number of pyridine rings is 3. The van der Waals surface area contributed by atoms with Crippen LogP contribution in [0.5, 0.6) is 0 Å². The van der Waals surface area contributed by atoms with E-state index in [2.05, 4.69) is 25.4 Å². The number of hydrogen-bond acceptors (Lipinski definition) is 10. The van der Waals surface area contributed by atoms with E-state index in [1.807, 2.05) is 19.1 Å². The Bertz CT molecular complexity index is 1690. The molecule has 242 valence electrons. The second kappa shape index (κ2) is 13.7. The summed E-state index contributed by atoms with van der Waals surface area (Å²) < 4.78 is 38.3. The minimum atomic E-state index is -2.61. The fourth-order valence-electron chi connectivity index (χ4n) is 5.64. The predicted molar refractivity (Wildman–Crippen MR) is 164 cm³/mol. The van der Waals surface area contributed by atoms with Gasteiger partial charge < -0.3 is 19.9 Å². The maximum absolute atomic E-state index is 13.1. The highest BCUT2D eigenvalue weighted by atomic mass is 19.3. The van der Waals surface area contributed by atoms with Crippen molar-refractivity contribution in [3.63, 3.8) is 0 Å². The minimum Gasteiger partial charge on any atom is -0.425 e. The number of ether oxygens (including phenoxy) is 2. The van der Waals surface area contributed by atoms with Crippen LogP contribution in [-0.4, -0.2) is 48.1 Å². The molecule has 0 spiro atoms. The van der Waals surface area contributed by atoms with Gasteiger partial charge in [0.2, 0.25) is 6.29 Å². The lowest BCUT2D eigenvalue weighted by Crippen LogP contribution is -2.37. The largest absolute Gasteiger partial charge is 0.425 e. The standard InChI is InChI=1S/C33H36F2N6O5/c1-19-13-26(39-29(14-19)40-28-15-22(30(34)35)11-12-36-28)23-7-10-27(37-16-23)33(3,44)25-8-5-21(6-9-25)31(42)45-20(2)46-32(43)24-17-38-41(4)18-24/h7,10-18,20-21,25,30,44H,5-6,8-9H2,1-4H3,(H,36,39,40)/t20?,21-,25-,33-/m1/s1. The number of aromatic nitrogens is 5. The Balaban J connectivity index is 1.18. The lowest BCUT2D eigenvalue weighted by molar-refractivity contribution is -0.172. The zero-order valence-electron chi connectivity index (χ0n) is 26.0. The van der Waals surface area contributed by atoms with Crippen molar-refractivity contribution in [1.82, 2.24) is 24.7 Å². The molecular weight excluding hydrogens is 598 g/mol. The number of aryl methyl sites for hydroxylation is 2. The van der Waals surface area contributed by atoms with Crippen molar-refractivity contribution in [2.24, 2.45) is 18.9 Å². The molecule has 1 aliphatic rings. The van der Waals surface area contributed by atoms with Gasteiger partial charge in [0, 0.05) is 43.7 Å². The van der Waals surface area contributed by atoms with Crippen molar-refractivity contribution in [3.05, 3.63) is 83.6 Å². The van der Waals surface area contributed by atoms with E-state index < -0.39 is 30.3 Å². The van der Waals surface area contributed by atoms with Gasteiger partial charge in [0.1, 0.15) is 17.2 Å². The first-order valence-corrected chi connectivity index (χ1v) is 15.0. The Kier molecular flexibility index (Phi) is 9.71. The quantitative estimate of drug-likeness (QED) is 0.157. The molecule has 11 nitrogen and oxygen atoms in total. The molecule has 4 aromatic rings. The number of rotatable bonds is 10. The normalized spacial score (nSPS) is 18.4. The van der Waals surface area contributed by atoms with E-state index >= 15 is 0 Å². The molecule has 0 bridgehead atoms. The molecule has 1 unspecified atom stereocenters. The second-order valence-corrected chi connectivity index (χ2v) is 11.8. The zero-order chi connectivity index (χ0) is 33.0. The summed E-state index contributed by atoms with van der Waals surface area (Å²) in [6, 6.07) is 9.80. The molecule has 0 aliphatic heterocycles. The average molecular weight is 635 g/mol. The van der Waals surface area contributed by atoms with Crippen LogP contribution in [0.25, 0.3) is 11.3 Å². The van der Waals surface area contributed by atoms with Crippen LogP contribution in [0, 0.1) is 18.8 Å². The van der Waals surface area contributed by atoms with Gasteiger partial charge in [-0.3, -0.25) is 14.5 Å². The summed E-state index contributed by atoms with van der Waals surface area (Å²) in [6.07, 6.45) is 4.38. The lowest BCUT2D eigenvalue weighted by atomic mass is 9.73. The molecule has 0 aromatic carbocycles. The molecule has 46 heavy (non-hydrogen) atoms. The van der Waals surface area contributed by atoms with E-state index in [-0.39, 0.29) is 28.8 Å². The fraction of sp³-hybridized carbons (Fsp3) is 0.394. The Morgan fingerprint density at radius 3 is 2.46 bits per heavy atom. The Hall–Kier alpha value is -4.78. The molecule has 13 heteroatoms. The van der Waals surface area contributed by atoms with Crippen molar-refractivity contribution in [2.75, 3.05) is 5.32 Å². The number of carbonyl (C=O) groups excluding carboxylic acids is 2. The number of hydrogen-bond donors (Lipinski definition) is 2. The number of alkyl halides is 2. The summed E-state index contributed by atoms with van der Waals surface area (Å²) in [6.45, 7) is 5.12. The molecule has 2 atom stereocenters. The summed E-state index contributed by atoms with van der Waals surface area (Å²) in [4.78, 5) is 38.3. The number of esters is 2. The van der Waals surface area contributed by atoms with E-state index in [1.165, 1.54) is 42.3 Å². The van der Waals surface area contributed by atoms with Crippen molar-refractivity contribution in [3.8, 4) is 11.3 Å². The van der Waals surface area contributed by atoms with Gasteiger partial charge in [0.15, 0.2) is 0 Å².